The van der Waals surface area contributed by atoms with Gasteiger partial charge in [-0.3, -0.25) is 9.10 Å². The highest BCUT2D eigenvalue weighted by Crippen LogP contribution is 2.23. The average molecular weight is 365 g/mol. The standard InChI is InChI=1S/C18H27N3O3S/c22-18(19-10-5-13-20-11-1-2-12-20)16-6-8-17(9-7-16)21-14-3-4-15-25(21,23)24/h6-9H,1-5,10-15H2,(H,19,22). The lowest BCUT2D eigenvalue weighted by Gasteiger charge is -2.28. The number of nitrogens with zero attached hydrogens (tertiary/aromatic N) is 2. The number of rotatable bonds is 6. The van der Waals surface area contributed by atoms with Crippen molar-refractivity contribution < 1.29 is 13.2 Å². The van der Waals surface area contributed by atoms with E-state index in [-0.39, 0.29) is 11.7 Å². The highest BCUT2D eigenvalue weighted by Gasteiger charge is 2.25. The summed E-state index contributed by atoms with van der Waals surface area (Å²) in [5.74, 6) is 0.0983. The zero-order valence-electron chi connectivity index (χ0n) is 14.6. The molecule has 25 heavy (non-hydrogen) atoms. The number of anilines is 1. The second-order valence-corrected chi connectivity index (χ2v) is 8.81. The Morgan fingerprint density at radius 3 is 2.36 bits per heavy atom. The summed E-state index contributed by atoms with van der Waals surface area (Å²) < 4.78 is 25.7. The van der Waals surface area contributed by atoms with E-state index < -0.39 is 10.0 Å². The summed E-state index contributed by atoms with van der Waals surface area (Å²) in [7, 11) is -3.21. The number of benzene rings is 1. The summed E-state index contributed by atoms with van der Waals surface area (Å²) in [4.78, 5) is 14.6. The number of nitrogens with one attached hydrogen (secondary N) is 1. The minimum absolute atomic E-state index is 0.102. The molecule has 1 aromatic rings. The Morgan fingerprint density at radius 2 is 1.68 bits per heavy atom. The molecule has 0 aromatic heterocycles. The van der Waals surface area contributed by atoms with Gasteiger partial charge in [-0.15, -0.1) is 0 Å². The van der Waals surface area contributed by atoms with Crippen molar-refractivity contribution in [3.63, 3.8) is 0 Å². The summed E-state index contributed by atoms with van der Waals surface area (Å²) >= 11 is 0. The molecule has 0 bridgehead atoms. The molecule has 2 aliphatic rings. The fourth-order valence-corrected chi connectivity index (χ4v) is 5.11. The molecule has 1 amide bonds. The van der Waals surface area contributed by atoms with Crippen LogP contribution in [0.4, 0.5) is 5.69 Å². The molecule has 0 aliphatic carbocycles. The number of sulfonamides is 1. The number of likely N-dealkylation sites (tertiary alicyclic amines) is 1. The number of carbonyl (C=O) groups excluding carboxylic acids is 1. The van der Waals surface area contributed by atoms with Gasteiger partial charge in [0.1, 0.15) is 0 Å². The maximum absolute atomic E-state index is 12.2. The first kappa shape index (κ1) is 18.2. The second kappa shape index (κ2) is 8.19. The normalized spacial score (nSPS) is 20.6. The van der Waals surface area contributed by atoms with Crippen LogP contribution in [0.1, 0.15) is 42.5 Å². The topological polar surface area (TPSA) is 69.7 Å². The van der Waals surface area contributed by atoms with Crippen molar-refractivity contribution in [2.24, 2.45) is 0 Å². The third kappa shape index (κ3) is 4.73. The zero-order valence-corrected chi connectivity index (χ0v) is 15.4. The van der Waals surface area contributed by atoms with Gasteiger partial charge in [-0.1, -0.05) is 0 Å². The van der Waals surface area contributed by atoms with E-state index in [2.05, 4.69) is 10.2 Å². The summed E-state index contributed by atoms with van der Waals surface area (Å²) in [5, 5.41) is 2.94. The lowest BCUT2D eigenvalue weighted by atomic mass is 10.2. The summed E-state index contributed by atoms with van der Waals surface area (Å²) in [6.45, 7) is 4.57. The van der Waals surface area contributed by atoms with Crippen LogP contribution in [0.5, 0.6) is 0 Å². The lowest BCUT2D eigenvalue weighted by Crippen LogP contribution is -2.37. The van der Waals surface area contributed by atoms with Crippen LogP contribution in [0.25, 0.3) is 0 Å². The predicted molar refractivity (Wildman–Crippen MR) is 99.4 cm³/mol. The first-order valence-electron chi connectivity index (χ1n) is 9.17. The first-order chi connectivity index (χ1) is 12.1. The molecular weight excluding hydrogens is 338 g/mol. The third-order valence-corrected chi connectivity index (χ3v) is 6.77. The van der Waals surface area contributed by atoms with Crippen molar-refractivity contribution >= 4 is 21.6 Å². The van der Waals surface area contributed by atoms with Gasteiger partial charge in [0.05, 0.1) is 11.4 Å². The highest BCUT2D eigenvalue weighted by atomic mass is 32.2. The van der Waals surface area contributed by atoms with E-state index in [1.807, 2.05) is 0 Å². The second-order valence-electron chi connectivity index (χ2n) is 6.80. The Hall–Kier alpha value is -1.60. The Labute approximate surface area is 150 Å². The van der Waals surface area contributed by atoms with Crippen LogP contribution in [-0.2, 0) is 10.0 Å². The van der Waals surface area contributed by atoms with Gasteiger partial charge >= 0.3 is 0 Å². The van der Waals surface area contributed by atoms with Crippen LogP contribution in [0.3, 0.4) is 0 Å². The molecule has 2 saturated heterocycles. The van der Waals surface area contributed by atoms with E-state index in [4.69, 9.17) is 0 Å². The number of hydrogen-bond acceptors (Lipinski definition) is 4. The Kier molecular flexibility index (Phi) is 5.96. The van der Waals surface area contributed by atoms with Crippen LogP contribution < -0.4 is 9.62 Å². The van der Waals surface area contributed by atoms with E-state index >= 15 is 0 Å². The molecule has 0 spiro atoms. The summed E-state index contributed by atoms with van der Waals surface area (Å²) in [5.41, 5.74) is 1.21. The number of carbonyl (C=O) groups is 1. The quantitative estimate of drug-likeness (QED) is 0.781. The van der Waals surface area contributed by atoms with E-state index in [0.29, 0.717) is 24.3 Å². The molecule has 138 valence electrons. The highest BCUT2D eigenvalue weighted by molar-refractivity contribution is 7.92. The van der Waals surface area contributed by atoms with Crippen molar-refractivity contribution in [3.05, 3.63) is 29.8 Å². The first-order valence-corrected chi connectivity index (χ1v) is 10.8. The maximum atomic E-state index is 12.2. The van der Waals surface area contributed by atoms with Crippen molar-refractivity contribution in [1.29, 1.82) is 0 Å². The summed E-state index contributed by atoms with van der Waals surface area (Å²) in [6.07, 6.45) is 5.11. The number of amides is 1. The van der Waals surface area contributed by atoms with Gasteiger partial charge in [0.15, 0.2) is 0 Å². The Balaban J connectivity index is 1.50. The molecule has 3 rings (SSSR count). The molecule has 0 atom stereocenters. The Bertz CT molecular complexity index is 682. The molecule has 6 nitrogen and oxygen atoms in total. The largest absolute Gasteiger partial charge is 0.352 e. The van der Waals surface area contributed by atoms with E-state index in [0.717, 1.165) is 25.8 Å². The molecule has 1 N–H and O–H groups in total. The van der Waals surface area contributed by atoms with Crippen molar-refractivity contribution in [2.45, 2.75) is 32.1 Å². The van der Waals surface area contributed by atoms with Crippen LogP contribution in [0.2, 0.25) is 0 Å². The van der Waals surface area contributed by atoms with Gasteiger partial charge in [-0.05, 0) is 76.0 Å². The van der Waals surface area contributed by atoms with E-state index in [1.165, 1.54) is 30.2 Å². The molecular formula is C18H27N3O3S. The van der Waals surface area contributed by atoms with Crippen molar-refractivity contribution in [3.8, 4) is 0 Å². The monoisotopic (exact) mass is 365 g/mol. The van der Waals surface area contributed by atoms with Crippen molar-refractivity contribution in [1.82, 2.24) is 10.2 Å². The SMILES string of the molecule is O=C(NCCCN1CCCC1)c1ccc(N2CCCCS2(=O)=O)cc1. The molecule has 7 heteroatoms. The molecule has 2 heterocycles. The zero-order chi connectivity index (χ0) is 17.7. The minimum atomic E-state index is -3.21. The molecule has 0 unspecified atom stereocenters. The van der Waals surface area contributed by atoms with E-state index in [1.54, 1.807) is 24.3 Å². The smallest absolute Gasteiger partial charge is 0.251 e. The summed E-state index contributed by atoms with van der Waals surface area (Å²) in [6, 6.07) is 6.86. The molecule has 1 aromatic carbocycles. The molecule has 2 fully saturated rings. The van der Waals surface area contributed by atoms with E-state index in [9.17, 15) is 13.2 Å². The van der Waals surface area contributed by atoms with Gasteiger partial charge in [0.2, 0.25) is 10.0 Å². The van der Waals surface area contributed by atoms with Gasteiger partial charge in [-0.2, -0.15) is 0 Å². The van der Waals surface area contributed by atoms with Crippen LogP contribution in [0, 0.1) is 0 Å². The molecule has 0 saturated carbocycles. The van der Waals surface area contributed by atoms with Crippen LogP contribution in [-0.4, -0.2) is 57.7 Å². The third-order valence-electron chi connectivity index (χ3n) is 4.90. The fraction of sp³-hybridized carbons (Fsp3) is 0.611. The number of hydrogen-bond donors (Lipinski definition) is 1. The average Bonchev–Trinajstić information content (AvgIpc) is 3.12. The van der Waals surface area contributed by atoms with Gasteiger partial charge < -0.3 is 10.2 Å². The van der Waals surface area contributed by atoms with Crippen LogP contribution in [0.15, 0.2) is 24.3 Å². The van der Waals surface area contributed by atoms with Gasteiger partial charge in [-0.25, -0.2) is 8.42 Å². The van der Waals surface area contributed by atoms with Crippen molar-refractivity contribution in [2.75, 3.05) is 42.8 Å². The minimum Gasteiger partial charge on any atom is -0.352 e. The fourth-order valence-electron chi connectivity index (χ4n) is 3.47. The molecule has 0 radical (unpaired) electrons. The molecule has 2 aliphatic heterocycles. The lowest BCUT2D eigenvalue weighted by molar-refractivity contribution is 0.0952. The predicted octanol–water partition coefficient (Wildman–Crippen LogP) is 1.83. The maximum Gasteiger partial charge on any atom is 0.251 e. The van der Waals surface area contributed by atoms with Gasteiger partial charge in [0, 0.05) is 18.7 Å². The van der Waals surface area contributed by atoms with Crippen LogP contribution >= 0.6 is 0 Å². The Morgan fingerprint density at radius 1 is 1.00 bits per heavy atom. The van der Waals surface area contributed by atoms with Gasteiger partial charge in [0.25, 0.3) is 5.91 Å².